The average molecular weight is 283 g/mol. The van der Waals surface area contributed by atoms with Crippen molar-refractivity contribution in [3.05, 3.63) is 48.0 Å². The highest BCUT2D eigenvalue weighted by molar-refractivity contribution is 5.73. The molecule has 0 aliphatic carbocycles. The van der Waals surface area contributed by atoms with Crippen LogP contribution in [0.5, 0.6) is 5.75 Å². The molecule has 0 fully saturated rings. The third-order valence-electron chi connectivity index (χ3n) is 3.17. The van der Waals surface area contributed by atoms with Gasteiger partial charge < -0.3 is 10.2 Å². The van der Waals surface area contributed by atoms with E-state index in [2.05, 4.69) is 10.2 Å². The molecule has 0 unspecified atom stereocenters. The van der Waals surface area contributed by atoms with Gasteiger partial charge in [0.1, 0.15) is 22.5 Å². The number of carbonyl (C=O) groups is 1. The summed E-state index contributed by atoms with van der Waals surface area (Å²) in [4.78, 5) is 12.0. The summed E-state index contributed by atoms with van der Waals surface area (Å²) in [5.74, 6) is -0.804. The Hall–Kier alpha value is -2.89. The molecule has 6 heteroatoms. The van der Waals surface area contributed by atoms with E-state index < -0.39 is 5.97 Å². The average Bonchev–Trinajstić information content (AvgIpc) is 2.90. The lowest BCUT2D eigenvalue weighted by Crippen LogP contribution is -2.02. The maximum Gasteiger partial charge on any atom is 0.303 e. The first-order valence-corrected chi connectivity index (χ1v) is 6.49. The number of hydrogen-bond acceptors (Lipinski definition) is 4. The molecule has 0 atom stereocenters. The van der Waals surface area contributed by atoms with Gasteiger partial charge in [-0.3, -0.25) is 4.79 Å². The Morgan fingerprint density at radius 2 is 1.76 bits per heavy atom. The van der Waals surface area contributed by atoms with Crippen LogP contribution in [0.15, 0.2) is 42.5 Å². The predicted molar refractivity (Wildman–Crippen MR) is 76.5 cm³/mol. The van der Waals surface area contributed by atoms with E-state index in [9.17, 15) is 9.90 Å². The number of fused-ring (bicyclic) bond motifs is 1. The van der Waals surface area contributed by atoms with Crippen LogP contribution in [-0.2, 0) is 11.2 Å². The molecule has 0 radical (unpaired) electrons. The molecule has 106 valence electrons. The first kappa shape index (κ1) is 13.1. The summed E-state index contributed by atoms with van der Waals surface area (Å²) in [7, 11) is 0. The molecule has 0 bridgehead atoms. The maximum absolute atomic E-state index is 10.6. The molecule has 21 heavy (non-hydrogen) atoms. The molecule has 0 amide bonds. The van der Waals surface area contributed by atoms with E-state index in [0.717, 1.165) is 16.6 Å². The number of carboxylic acids is 1. The normalized spacial score (nSPS) is 10.9. The minimum absolute atomic E-state index is 0.0404. The van der Waals surface area contributed by atoms with Gasteiger partial charge >= 0.3 is 5.97 Å². The predicted octanol–water partition coefficient (Wildman–Crippen LogP) is 2.14. The zero-order chi connectivity index (χ0) is 14.8. The second-order valence-electron chi connectivity index (χ2n) is 4.69. The van der Waals surface area contributed by atoms with Crippen molar-refractivity contribution in [1.82, 2.24) is 15.0 Å². The molecule has 2 N–H and O–H groups in total. The van der Waals surface area contributed by atoms with E-state index in [1.807, 2.05) is 24.3 Å². The van der Waals surface area contributed by atoms with Crippen molar-refractivity contribution in [2.75, 3.05) is 0 Å². The SMILES string of the molecule is O=C(O)CCc1ccc(O)c(-n2nc3ccccc3n2)c1. The van der Waals surface area contributed by atoms with Crippen LogP contribution in [0.1, 0.15) is 12.0 Å². The lowest BCUT2D eigenvalue weighted by Gasteiger charge is -2.06. The Labute approximate surface area is 120 Å². The molecule has 0 saturated carbocycles. The fourth-order valence-electron chi connectivity index (χ4n) is 2.10. The summed E-state index contributed by atoms with van der Waals surface area (Å²) < 4.78 is 0. The van der Waals surface area contributed by atoms with Gasteiger partial charge in [-0.2, -0.15) is 0 Å². The smallest absolute Gasteiger partial charge is 0.303 e. The van der Waals surface area contributed by atoms with Gasteiger partial charge in [-0.05, 0) is 36.2 Å². The standard InChI is InChI=1S/C15H13N3O3/c19-14-7-5-10(6-8-15(20)21)9-13(14)18-16-11-3-1-2-4-12(11)17-18/h1-5,7,9,19H,6,8H2,(H,20,21). The largest absolute Gasteiger partial charge is 0.506 e. The third-order valence-corrected chi connectivity index (χ3v) is 3.17. The second kappa shape index (κ2) is 5.24. The number of aromatic nitrogens is 3. The number of rotatable bonds is 4. The monoisotopic (exact) mass is 283 g/mol. The second-order valence-corrected chi connectivity index (χ2v) is 4.69. The molecule has 2 aromatic carbocycles. The molecule has 0 aliphatic rings. The van der Waals surface area contributed by atoms with Gasteiger partial charge in [0.15, 0.2) is 0 Å². The zero-order valence-corrected chi connectivity index (χ0v) is 11.1. The first-order valence-electron chi connectivity index (χ1n) is 6.49. The van der Waals surface area contributed by atoms with Crippen molar-refractivity contribution in [3.8, 4) is 11.4 Å². The van der Waals surface area contributed by atoms with E-state index in [1.165, 1.54) is 10.9 Å². The van der Waals surface area contributed by atoms with Crippen LogP contribution >= 0.6 is 0 Å². The summed E-state index contributed by atoms with van der Waals surface area (Å²) in [5, 5.41) is 27.3. The highest BCUT2D eigenvalue weighted by atomic mass is 16.4. The molecule has 6 nitrogen and oxygen atoms in total. The van der Waals surface area contributed by atoms with Crippen LogP contribution < -0.4 is 0 Å². The van der Waals surface area contributed by atoms with Gasteiger partial charge in [-0.1, -0.05) is 18.2 Å². The van der Waals surface area contributed by atoms with E-state index in [0.29, 0.717) is 12.1 Å². The number of aliphatic carboxylic acids is 1. The molecule has 3 aromatic rings. The topological polar surface area (TPSA) is 88.2 Å². The maximum atomic E-state index is 10.6. The summed E-state index contributed by atoms with van der Waals surface area (Å²) in [6.45, 7) is 0. The van der Waals surface area contributed by atoms with Crippen molar-refractivity contribution < 1.29 is 15.0 Å². The number of aryl methyl sites for hydroxylation is 1. The summed E-state index contributed by atoms with van der Waals surface area (Å²) in [6.07, 6.45) is 0.433. The molecular formula is C15H13N3O3. The molecule has 3 rings (SSSR count). The highest BCUT2D eigenvalue weighted by Crippen LogP contribution is 2.23. The number of carboxylic acid groups (broad SMARTS) is 1. The van der Waals surface area contributed by atoms with Crippen LogP contribution in [0, 0.1) is 0 Å². The highest BCUT2D eigenvalue weighted by Gasteiger charge is 2.10. The molecule has 1 heterocycles. The number of hydrogen-bond donors (Lipinski definition) is 2. The molecular weight excluding hydrogens is 270 g/mol. The zero-order valence-electron chi connectivity index (χ0n) is 11.1. The Bertz CT molecular complexity index is 778. The fraction of sp³-hybridized carbons (Fsp3) is 0.133. The number of phenolic OH excluding ortho intramolecular Hbond substituents is 1. The van der Waals surface area contributed by atoms with E-state index >= 15 is 0 Å². The quantitative estimate of drug-likeness (QED) is 0.766. The number of phenols is 1. The van der Waals surface area contributed by atoms with Crippen LogP contribution in [0.4, 0.5) is 0 Å². The molecule has 1 aromatic heterocycles. The fourth-order valence-corrected chi connectivity index (χ4v) is 2.10. The van der Waals surface area contributed by atoms with Gasteiger partial charge in [0, 0.05) is 6.42 Å². The molecule has 0 spiro atoms. The van der Waals surface area contributed by atoms with Crippen molar-refractivity contribution >= 4 is 17.0 Å². The van der Waals surface area contributed by atoms with Crippen LogP contribution in [0.2, 0.25) is 0 Å². The number of nitrogens with zero attached hydrogens (tertiary/aromatic N) is 3. The molecule has 0 saturated heterocycles. The lowest BCUT2D eigenvalue weighted by atomic mass is 10.1. The first-order chi connectivity index (χ1) is 10.1. The van der Waals surface area contributed by atoms with Gasteiger partial charge in [0.05, 0.1) is 0 Å². The van der Waals surface area contributed by atoms with Gasteiger partial charge in [0.25, 0.3) is 0 Å². The summed E-state index contributed by atoms with van der Waals surface area (Å²) >= 11 is 0. The van der Waals surface area contributed by atoms with Gasteiger partial charge in [-0.15, -0.1) is 15.0 Å². The van der Waals surface area contributed by atoms with Crippen molar-refractivity contribution in [2.24, 2.45) is 0 Å². The van der Waals surface area contributed by atoms with E-state index in [-0.39, 0.29) is 12.2 Å². The minimum atomic E-state index is -0.854. The third kappa shape index (κ3) is 2.69. The van der Waals surface area contributed by atoms with Crippen LogP contribution in [0.25, 0.3) is 16.7 Å². The summed E-state index contributed by atoms with van der Waals surface area (Å²) in [6, 6.07) is 12.3. The van der Waals surface area contributed by atoms with Gasteiger partial charge in [-0.25, -0.2) is 0 Å². The van der Waals surface area contributed by atoms with E-state index in [1.54, 1.807) is 12.1 Å². The Morgan fingerprint density at radius 1 is 1.10 bits per heavy atom. The van der Waals surface area contributed by atoms with Crippen LogP contribution in [0.3, 0.4) is 0 Å². The summed E-state index contributed by atoms with van der Waals surface area (Å²) in [5.41, 5.74) is 2.71. The van der Waals surface area contributed by atoms with Crippen molar-refractivity contribution in [2.45, 2.75) is 12.8 Å². The van der Waals surface area contributed by atoms with Crippen LogP contribution in [-0.4, -0.2) is 31.2 Å². The van der Waals surface area contributed by atoms with E-state index in [4.69, 9.17) is 5.11 Å². The Balaban J connectivity index is 2.00. The minimum Gasteiger partial charge on any atom is -0.506 e. The number of aromatic hydroxyl groups is 1. The van der Waals surface area contributed by atoms with Crippen molar-refractivity contribution in [1.29, 1.82) is 0 Å². The lowest BCUT2D eigenvalue weighted by molar-refractivity contribution is -0.136. The van der Waals surface area contributed by atoms with Crippen molar-refractivity contribution in [3.63, 3.8) is 0 Å². The Kier molecular flexibility index (Phi) is 3.27. The Morgan fingerprint density at radius 3 is 2.38 bits per heavy atom. The van der Waals surface area contributed by atoms with Gasteiger partial charge in [0.2, 0.25) is 0 Å². The molecule has 0 aliphatic heterocycles. The number of benzene rings is 2.